The first-order valence-corrected chi connectivity index (χ1v) is 19.6. The van der Waals surface area contributed by atoms with Crippen molar-refractivity contribution in [2.45, 2.75) is 36.5 Å². The number of aliphatic hydroxyl groups excluding tert-OH is 1. The molecule has 10 nitrogen and oxygen atoms in total. The summed E-state index contributed by atoms with van der Waals surface area (Å²) < 4.78 is 94.8. The predicted octanol–water partition coefficient (Wildman–Crippen LogP) is 8.60. The summed E-state index contributed by atoms with van der Waals surface area (Å²) in [5.41, 5.74) is -1.72. The molecule has 4 aliphatic rings. The smallest absolute Gasteiger partial charge is 0.416 e. The summed E-state index contributed by atoms with van der Waals surface area (Å²) in [4.78, 5) is 59.5. The first kappa shape index (κ1) is 42.1. The van der Waals surface area contributed by atoms with Gasteiger partial charge in [0.1, 0.15) is 18.1 Å². The number of benzene rings is 4. The van der Waals surface area contributed by atoms with Gasteiger partial charge in [0.05, 0.1) is 64.4 Å². The Kier molecular flexibility index (Phi) is 10.6. The molecular weight excluding hydrogens is 855 g/mol. The molecule has 318 valence electrons. The zero-order valence-electron chi connectivity index (χ0n) is 31.7. The molecule has 1 saturated carbocycles. The molecule has 4 aromatic rings. The molecule has 0 bridgehead atoms. The van der Waals surface area contributed by atoms with Crippen molar-refractivity contribution in [2.75, 3.05) is 30.6 Å². The van der Waals surface area contributed by atoms with Crippen LogP contribution in [0.4, 0.5) is 37.7 Å². The number of nitrogens with one attached hydrogen (secondary N) is 1. The third-order valence-corrected chi connectivity index (χ3v) is 12.5. The summed E-state index contributed by atoms with van der Waals surface area (Å²) in [6.07, 6.45) is -9.22. The van der Waals surface area contributed by atoms with E-state index >= 15 is 4.79 Å². The van der Waals surface area contributed by atoms with Crippen LogP contribution in [0.2, 0.25) is 10.0 Å². The predicted molar refractivity (Wildman–Crippen MR) is 209 cm³/mol. The van der Waals surface area contributed by atoms with Gasteiger partial charge in [-0.3, -0.25) is 24.6 Å². The number of methoxy groups -OCH3 is 1. The second kappa shape index (κ2) is 15.4. The number of carbonyl (C=O) groups excluding carboxylic acids is 4. The van der Waals surface area contributed by atoms with Gasteiger partial charge in [-0.1, -0.05) is 59.1 Å². The number of allylic oxidation sites excluding steroid dienone is 2. The topological polar surface area (TPSA) is 125 Å². The second-order valence-electron chi connectivity index (χ2n) is 15.1. The molecule has 2 N–H and O–H groups in total. The molecule has 4 amide bonds. The molecular formula is C43H33Cl2F6N3O7. The van der Waals surface area contributed by atoms with E-state index in [2.05, 4.69) is 5.43 Å². The SMILES string of the molecule is COc1ccc(C23C(=O)N(Nc4ccc(Cl)cc4Cl)C(=O)C2CC2C(=CCC4C(=O)N(c5cc(C(F)(F)F)cc(C(F)(F)F)c5)C(=O)C42)C3c2ccc(OCCO)cc2)cc1. The summed E-state index contributed by atoms with van der Waals surface area (Å²) in [6.45, 7) is -0.302. The number of hydrogen-bond donors (Lipinski definition) is 2. The van der Waals surface area contributed by atoms with Crippen LogP contribution in [0.15, 0.2) is 96.6 Å². The van der Waals surface area contributed by atoms with Gasteiger partial charge in [-0.2, -0.15) is 31.4 Å². The molecule has 61 heavy (non-hydrogen) atoms. The van der Waals surface area contributed by atoms with Crippen molar-refractivity contribution in [1.29, 1.82) is 0 Å². The van der Waals surface area contributed by atoms with Gasteiger partial charge in [0, 0.05) is 10.9 Å². The highest BCUT2D eigenvalue weighted by atomic mass is 35.5. The molecule has 6 unspecified atom stereocenters. The Labute approximate surface area is 353 Å². The molecule has 2 heterocycles. The monoisotopic (exact) mass is 887 g/mol. The number of halogens is 8. The number of fused-ring (bicyclic) bond motifs is 4. The molecule has 2 saturated heterocycles. The van der Waals surface area contributed by atoms with Crippen molar-refractivity contribution in [3.63, 3.8) is 0 Å². The Balaban J connectivity index is 1.30. The summed E-state index contributed by atoms with van der Waals surface area (Å²) in [7, 11) is 1.45. The summed E-state index contributed by atoms with van der Waals surface area (Å²) in [5, 5.41) is 10.5. The van der Waals surface area contributed by atoms with E-state index in [0.29, 0.717) is 45.2 Å². The normalized spacial score (nSPS) is 25.0. The van der Waals surface area contributed by atoms with Crippen LogP contribution in [0.1, 0.15) is 41.0 Å². The van der Waals surface area contributed by atoms with E-state index in [1.54, 1.807) is 54.6 Å². The van der Waals surface area contributed by atoms with Crippen molar-refractivity contribution < 1.29 is 60.1 Å². The van der Waals surface area contributed by atoms with Gasteiger partial charge in [0.2, 0.25) is 11.8 Å². The lowest BCUT2D eigenvalue weighted by Crippen LogP contribution is -2.53. The molecule has 6 atom stereocenters. The van der Waals surface area contributed by atoms with Crippen LogP contribution >= 0.6 is 23.2 Å². The van der Waals surface area contributed by atoms with Crippen molar-refractivity contribution >= 4 is 58.2 Å². The van der Waals surface area contributed by atoms with Crippen molar-refractivity contribution in [3.05, 3.63) is 129 Å². The largest absolute Gasteiger partial charge is 0.497 e. The van der Waals surface area contributed by atoms with Crippen LogP contribution in [-0.2, 0) is 36.9 Å². The van der Waals surface area contributed by atoms with Gasteiger partial charge in [0.25, 0.3) is 11.8 Å². The van der Waals surface area contributed by atoms with Crippen LogP contribution in [-0.4, -0.2) is 54.1 Å². The number of hydrogen-bond acceptors (Lipinski definition) is 8. The minimum absolute atomic E-state index is 0.0270. The van der Waals surface area contributed by atoms with E-state index in [1.807, 2.05) is 0 Å². The molecule has 3 fully saturated rings. The standard InChI is InChI=1S/C43H33Cl2F6N3O7/c1-60-27-9-4-22(5-10-27)41-32(38(57)54(40(41)59)52-34-13-6-25(44)19-33(34)45)20-31-29(36(41)21-2-7-28(8-3-21)61-15-14-55)11-12-30-35(31)39(58)53(37(30)56)26-17-23(42(46,47)48)16-24(18-26)43(49,50)51/h2-11,13,16-19,30-32,35-36,52,55H,12,14-15,20H2,1H3. The molecule has 0 spiro atoms. The number of carbonyl (C=O) groups is 4. The average molecular weight is 889 g/mol. The fourth-order valence-electron chi connectivity index (χ4n) is 9.46. The number of amides is 4. The molecule has 0 aromatic heterocycles. The highest BCUT2D eigenvalue weighted by molar-refractivity contribution is 6.36. The van der Waals surface area contributed by atoms with Crippen LogP contribution < -0.4 is 19.8 Å². The number of imide groups is 2. The maximum Gasteiger partial charge on any atom is 0.416 e. The third kappa shape index (κ3) is 6.98. The first-order chi connectivity index (χ1) is 28.9. The lowest BCUT2D eigenvalue weighted by Gasteiger charge is -2.50. The summed E-state index contributed by atoms with van der Waals surface area (Å²) in [5.74, 6) is -8.57. The van der Waals surface area contributed by atoms with Gasteiger partial charge in [-0.25, -0.2) is 4.90 Å². The van der Waals surface area contributed by atoms with Crippen LogP contribution in [0.5, 0.6) is 11.5 Å². The van der Waals surface area contributed by atoms with Gasteiger partial charge in [0.15, 0.2) is 0 Å². The van der Waals surface area contributed by atoms with Gasteiger partial charge < -0.3 is 14.6 Å². The summed E-state index contributed by atoms with van der Waals surface area (Å²) >= 11 is 12.6. The number of nitrogens with zero attached hydrogens (tertiary/aromatic N) is 2. The van der Waals surface area contributed by atoms with Crippen molar-refractivity contribution in [2.24, 2.45) is 23.7 Å². The molecule has 2 aliphatic carbocycles. The van der Waals surface area contributed by atoms with Crippen molar-refractivity contribution in [3.8, 4) is 11.5 Å². The van der Waals surface area contributed by atoms with E-state index < -0.39 is 87.8 Å². The summed E-state index contributed by atoms with van der Waals surface area (Å²) in [6, 6.07) is 18.0. The maximum absolute atomic E-state index is 15.4. The number of alkyl halides is 6. The minimum Gasteiger partial charge on any atom is -0.497 e. The minimum atomic E-state index is -5.26. The maximum atomic E-state index is 15.4. The van der Waals surface area contributed by atoms with Gasteiger partial charge >= 0.3 is 12.4 Å². The highest BCUT2D eigenvalue weighted by Crippen LogP contribution is 2.64. The number of ether oxygens (including phenoxy) is 2. The Morgan fingerprint density at radius 2 is 1.44 bits per heavy atom. The van der Waals surface area contributed by atoms with Gasteiger partial charge in [-0.15, -0.1) is 0 Å². The van der Waals surface area contributed by atoms with Crippen LogP contribution in [0, 0.1) is 23.7 Å². The van der Waals surface area contributed by atoms with Crippen LogP contribution in [0.25, 0.3) is 0 Å². The highest BCUT2D eigenvalue weighted by Gasteiger charge is 2.70. The van der Waals surface area contributed by atoms with E-state index in [-0.39, 0.29) is 47.9 Å². The van der Waals surface area contributed by atoms with Gasteiger partial charge in [-0.05, 0) is 90.6 Å². The van der Waals surface area contributed by atoms with E-state index in [1.165, 1.54) is 25.3 Å². The van der Waals surface area contributed by atoms with E-state index in [4.69, 9.17) is 32.7 Å². The Morgan fingerprint density at radius 3 is 2.03 bits per heavy atom. The molecule has 18 heteroatoms. The molecule has 4 aromatic carbocycles. The van der Waals surface area contributed by atoms with E-state index in [0.717, 1.165) is 5.01 Å². The zero-order chi connectivity index (χ0) is 43.8. The third-order valence-electron chi connectivity index (χ3n) is 12.0. The number of rotatable bonds is 9. The fraction of sp³-hybridized carbons (Fsp3) is 0.302. The lowest BCUT2D eigenvalue weighted by molar-refractivity contribution is -0.143. The zero-order valence-corrected chi connectivity index (χ0v) is 33.2. The molecule has 8 rings (SSSR count). The number of anilines is 2. The number of hydrazine groups is 1. The fourth-order valence-corrected chi connectivity index (χ4v) is 9.91. The lowest BCUT2D eigenvalue weighted by atomic mass is 9.49. The quantitative estimate of drug-likeness (QED) is 0.0974. The van der Waals surface area contributed by atoms with Crippen molar-refractivity contribution in [1.82, 2.24) is 5.01 Å². The van der Waals surface area contributed by atoms with Crippen LogP contribution in [0.3, 0.4) is 0 Å². The second-order valence-corrected chi connectivity index (χ2v) is 16.0. The molecule has 2 aliphatic heterocycles. The first-order valence-electron chi connectivity index (χ1n) is 18.9. The molecule has 0 radical (unpaired) electrons. The Hall–Kier alpha value is -5.58. The Morgan fingerprint density at radius 1 is 0.803 bits per heavy atom. The van der Waals surface area contributed by atoms with E-state index in [9.17, 15) is 45.8 Å². The Bertz CT molecular complexity index is 2450. The average Bonchev–Trinajstić information content (AvgIpc) is 3.60. The number of aliphatic hydroxyl groups is 1.